The third-order valence-corrected chi connectivity index (χ3v) is 3.22. The molecule has 0 bridgehead atoms. The Morgan fingerprint density at radius 1 is 1.32 bits per heavy atom. The van der Waals surface area contributed by atoms with Gasteiger partial charge in [-0.3, -0.25) is 4.79 Å². The van der Waals surface area contributed by atoms with Crippen LogP contribution in [-0.4, -0.2) is 37.5 Å². The molecule has 0 radical (unpaired) electrons. The first kappa shape index (κ1) is 18.3. The van der Waals surface area contributed by atoms with Crippen LogP contribution in [0.5, 0.6) is 0 Å². The molecule has 22 heavy (non-hydrogen) atoms. The van der Waals surface area contributed by atoms with Crippen molar-refractivity contribution in [2.24, 2.45) is 5.73 Å². The number of anilines is 1. The Morgan fingerprint density at radius 2 is 2.00 bits per heavy atom. The molecule has 0 saturated heterocycles. The number of amides is 1. The average molecular weight is 317 g/mol. The van der Waals surface area contributed by atoms with Crippen LogP contribution in [-0.2, 0) is 11.0 Å². The van der Waals surface area contributed by atoms with Gasteiger partial charge in [-0.25, -0.2) is 0 Å². The fourth-order valence-corrected chi connectivity index (χ4v) is 2.05. The predicted molar refractivity (Wildman–Crippen MR) is 80.5 cm³/mol. The third kappa shape index (κ3) is 5.55. The van der Waals surface area contributed by atoms with Crippen molar-refractivity contribution < 1.29 is 18.0 Å². The molecule has 0 aliphatic rings. The van der Waals surface area contributed by atoms with E-state index in [0.717, 1.165) is 25.0 Å². The molecule has 1 rings (SSSR count). The second kappa shape index (κ2) is 8.03. The summed E-state index contributed by atoms with van der Waals surface area (Å²) in [4.78, 5) is 13.6. The van der Waals surface area contributed by atoms with Crippen molar-refractivity contribution in [3.63, 3.8) is 0 Å². The number of carbonyl (C=O) groups is 1. The molecule has 0 fully saturated rings. The number of benzene rings is 1. The first-order chi connectivity index (χ1) is 10.3. The molecule has 0 spiro atoms. The van der Waals surface area contributed by atoms with Crippen LogP contribution in [0.15, 0.2) is 24.3 Å². The van der Waals surface area contributed by atoms with Gasteiger partial charge in [0.1, 0.15) is 6.04 Å². The summed E-state index contributed by atoms with van der Waals surface area (Å²) in [6.07, 6.45) is -2.39. The summed E-state index contributed by atoms with van der Waals surface area (Å²) in [7, 11) is 3.23. The highest BCUT2D eigenvalue weighted by atomic mass is 19.4. The maximum absolute atomic E-state index is 12.7. The average Bonchev–Trinajstić information content (AvgIpc) is 2.45. The highest BCUT2D eigenvalue weighted by molar-refractivity contribution is 5.84. The summed E-state index contributed by atoms with van der Waals surface area (Å²) in [5.41, 5.74) is 4.97. The number of halogens is 3. The summed E-state index contributed by atoms with van der Waals surface area (Å²) < 4.78 is 38.2. The van der Waals surface area contributed by atoms with Gasteiger partial charge in [-0.15, -0.1) is 0 Å². The maximum atomic E-state index is 12.7. The predicted octanol–water partition coefficient (Wildman–Crippen LogP) is 2.70. The number of carbonyl (C=O) groups excluding carboxylic acids is 1. The molecule has 1 atom stereocenters. The second-order valence-corrected chi connectivity index (χ2v) is 5.29. The zero-order valence-electron chi connectivity index (χ0n) is 12.8. The van der Waals surface area contributed by atoms with Crippen molar-refractivity contribution in [3.05, 3.63) is 29.8 Å². The highest BCUT2D eigenvalue weighted by Gasteiger charge is 2.30. The van der Waals surface area contributed by atoms with Crippen molar-refractivity contribution >= 4 is 11.6 Å². The molecule has 1 aromatic carbocycles. The number of alkyl halides is 3. The van der Waals surface area contributed by atoms with Gasteiger partial charge in [0.25, 0.3) is 0 Å². The van der Waals surface area contributed by atoms with E-state index in [2.05, 4.69) is 5.32 Å². The SMILES string of the molecule is CN(C)C(=O)[C@H](CCCCN)Nc1cccc(C(F)(F)F)c1. The Morgan fingerprint density at radius 3 is 2.55 bits per heavy atom. The van der Waals surface area contributed by atoms with Crippen LogP contribution < -0.4 is 11.1 Å². The topological polar surface area (TPSA) is 58.4 Å². The van der Waals surface area contributed by atoms with Gasteiger partial charge in [0.05, 0.1) is 5.56 Å². The van der Waals surface area contributed by atoms with Crippen LogP contribution >= 0.6 is 0 Å². The minimum atomic E-state index is -4.40. The van der Waals surface area contributed by atoms with E-state index in [1.54, 1.807) is 14.1 Å². The van der Waals surface area contributed by atoms with E-state index in [-0.39, 0.29) is 11.6 Å². The van der Waals surface area contributed by atoms with Gasteiger partial charge in [-0.1, -0.05) is 6.07 Å². The monoisotopic (exact) mass is 317 g/mol. The van der Waals surface area contributed by atoms with Crippen molar-refractivity contribution in [2.75, 3.05) is 26.0 Å². The Bertz CT molecular complexity index is 489. The molecule has 0 aliphatic heterocycles. The standard InChI is InChI=1S/C15H22F3N3O/c1-21(2)14(22)13(8-3-4-9-19)20-12-7-5-6-11(10-12)15(16,17)18/h5-7,10,13,20H,3-4,8-9,19H2,1-2H3/t13-/m0/s1. The van der Waals surface area contributed by atoms with Crippen LogP contribution in [0.25, 0.3) is 0 Å². The minimum Gasteiger partial charge on any atom is -0.374 e. The summed E-state index contributed by atoms with van der Waals surface area (Å²) in [6, 6.07) is 4.29. The smallest absolute Gasteiger partial charge is 0.374 e. The zero-order valence-corrected chi connectivity index (χ0v) is 12.8. The number of unbranched alkanes of at least 4 members (excludes halogenated alkanes) is 1. The number of nitrogens with zero attached hydrogens (tertiary/aromatic N) is 1. The van der Waals surface area contributed by atoms with Crippen molar-refractivity contribution in [1.82, 2.24) is 4.90 Å². The summed E-state index contributed by atoms with van der Waals surface area (Å²) >= 11 is 0. The minimum absolute atomic E-state index is 0.172. The fourth-order valence-electron chi connectivity index (χ4n) is 2.05. The van der Waals surface area contributed by atoms with Gasteiger partial charge in [0.15, 0.2) is 0 Å². The normalized spacial score (nSPS) is 12.8. The van der Waals surface area contributed by atoms with Gasteiger partial charge >= 0.3 is 6.18 Å². The molecule has 0 heterocycles. The van der Waals surface area contributed by atoms with E-state index in [9.17, 15) is 18.0 Å². The molecule has 1 amide bonds. The second-order valence-electron chi connectivity index (χ2n) is 5.29. The Kier molecular flexibility index (Phi) is 6.67. The van der Waals surface area contributed by atoms with Crippen molar-refractivity contribution in [1.29, 1.82) is 0 Å². The van der Waals surface area contributed by atoms with Crippen LogP contribution in [0.2, 0.25) is 0 Å². The van der Waals surface area contributed by atoms with Crippen LogP contribution in [0.3, 0.4) is 0 Å². The lowest BCUT2D eigenvalue weighted by atomic mass is 10.1. The largest absolute Gasteiger partial charge is 0.416 e. The quantitative estimate of drug-likeness (QED) is 0.760. The molecule has 0 saturated carbocycles. The number of nitrogens with one attached hydrogen (secondary N) is 1. The highest BCUT2D eigenvalue weighted by Crippen LogP contribution is 2.31. The van der Waals surface area contributed by atoms with Gasteiger partial charge in [-0.05, 0) is 44.0 Å². The number of likely N-dealkylation sites (N-methyl/N-ethyl adjacent to an activating group) is 1. The molecule has 0 unspecified atom stereocenters. The fraction of sp³-hybridized carbons (Fsp3) is 0.533. The molecule has 0 aliphatic carbocycles. The number of hydrogen-bond acceptors (Lipinski definition) is 3. The molecular weight excluding hydrogens is 295 g/mol. The van der Waals surface area contributed by atoms with Gasteiger partial charge in [-0.2, -0.15) is 13.2 Å². The Balaban J connectivity index is 2.86. The molecular formula is C15H22F3N3O. The number of rotatable bonds is 7. The first-order valence-electron chi connectivity index (χ1n) is 7.10. The van der Waals surface area contributed by atoms with Crippen LogP contribution in [0, 0.1) is 0 Å². The van der Waals surface area contributed by atoms with E-state index in [4.69, 9.17) is 5.73 Å². The molecule has 124 valence electrons. The van der Waals surface area contributed by atoms with E-state index >= 15 is 0 Å². The van der Waals surface area contributed by atoms with Crippen molar-refractivity contribution in [3.8, 4) is 0 Å². The van der Waals surface area contributed by atoms with E-state index in [1.165, 1.54) is 17.0 Å². The Labute approximate surface area is 128 Å². The lowest BCUT2D eigenvalue weighted by molar-refractivity contribution is -0.137. The summed E-state index contributed by atoms with van der Waals surface area (Å²) in [6.45, 7) is 0.520. The third-order valence-electron chi connectivity index (χ3n) is 3.22. The van der Waals surface area contributed by atoms with Crippen LogP contribution in [0.1, 0.15) is 24.8 Å². The van der Waals surface area contributed by atoms with E-state index in [0.29, 0.717) is 13.0 Å². The first-order valence-corrected chi connectivity index (χ1v) is 7.10. The van der Waals surface area contributed by atoms with Gasteiger partial charge in [0, 0.05) is 19.8 Å². The lowest BCUT2D eigenvalue weighted by Crippen LogP contribution is -2.39. The van der Waals surface area contributed by atoms with Crippen molar-refractivity contribution in [2.45, 2.75) is 31.5 Å². The summed E-state index contributed by atoms with van der Waals surface area (Å²) in [5.74, 6) is -0.172. The lowest BCUT2D eigenvalue weighted by Gasteiger charge is -2.23. The van der Waals surface area contributed by atoms with Gasteiger partial charge in [0.2, 0.25) is 5.91 Å². The molecule has 1 aromatic rings. The number of nitrogens with two attached hydrogens (primary N) is 1. The molecule has 7 heteroatoms. The maximum Gasteiger partial charge on any atom is 0.416 e. The van der Waals surface area contributed by atoms with E-state index in [1.807, 2.05) is 0 Å². The Hall–Kier alpha value is -1.76. The zero-order chi connectivity index (χ0) is 16.8. The van der Waals surface area contributed by atoms with Gasteiger partial charge < -0.3 is 16.0 Å². The summed E-state index contributed by atoms with van der Waals surface area (Å²) in [5, 5.41) is 2.90. The molecule has 4 nitrogen and oxygen atoms in total. The number of hydrogen-bond donors (Lipinski definition) is 2. The van der Waals surface area contributed by atoms with E-state index < -0.39 is 17.8 Å². The van der Waals surface area contributed by atoms with Crippen LogP contribution in [0.4, 0.5) is 18.9 Å². The molecule has 0 aromatic heterocycles. The molecule has 3 N–H and O–H groups in total.